The molecule has 18 heavy (non-hydrogen) atoms. The first-order valence-corrected chi connectivity index (χ1v) is 6.41. The highest BCUT2D eigenvalue weighted by molar-refractivity contribution is 9.10. The van der Waals surface area contributed by atoms with Crippen LogP contribution >= 0.6 is 15.9 Å². The highest BCUT2D eigenvalue weighted by Gasteiger charge is 2.15. The molecule has 0 aliphatic carbocycles. The fourth-order valence-corrected chi connectivity index (χ4v) is 2.21. The molecular weight excluding hydrogens is 295 g/mol. The van der Waals surface area contributed by atoms with Gasteiger partial charge in [0, 0.05) is 16.2 Å². The van der Waals surface area contributed by atoms with Crippen molar-refractivity contribution in [1.29, 1.82) is 0 Å². The zero-order valence-electron chi connectivity index (χ0n) is 10.2. The number of nitrogens with two attached hydrogens (primary N) is 1. The number of aromatic nitrogens is 1. The molecule has 0 amide bonds. The van der Waals surface area contributed by atoms with Gasteiger partial charge in [0.1, 0.15) is 5.82 Å². The lowest BCUT2D eigenvalue weighted by Gasteiger charge is -2.15. The van der Waals surface area contributed by atoms with Crippen LogP contribution in [0.25, 0.3) is 0 Å². The summed E-state index contributed by atoms with van der Waals surface area (Å²) in [5.74, 6) is -0.372. The quantitative estimate of drug-likeness (QED) is 0.919. The second kappa shape index (κ2) is 5.16. The summed E-state index contributed by atoms with van der Waals surface area (Å²) >= 11 is 3.51. The van der Waals surface area contributed by atoms with Crippen molar-refractivity contribution in [2.45, 2.75) is 19.9 Å². The number of pyridine rings is 1. The highest BCUT2D eigenvalue weighted by Crippen LogP contribution is 2.28. The van der Waals surface area contributed by atoms with E-state index in [4.69, 9.17) is 5.73 Å². The van der Waals surface area contributed by atoms with Crippen LogP contribution in [-0.2, 0) is 0 Å². The van der Waals surface area contributed by atoms with Crippen LogP contribution in [0.3, 0.4) is 0 Å². The molecule has 0 saturated carbocycles. The molecule has 0 aliphatic rings. The molecule has 2 aromatic rings. The lowest BCUT2D eigenvalue weighted by atomic mass is 9.97. The molecule has 0 fully saturated rings. The molecule has 1 heterocycles. The third-order valence-corrected chi connectivity index (χ3v) is 4.21. The molecule has 1 aromatic carbocycles. The fourth-order valence-electron chi connectivity index (χ4n) is 1.98. The van der Waals surface area contributed by atoms with Crippen LogP contribution in [0, 0.1) is 19.7 Å². The van der Waals surface area contributed by atoms with Crippen LogP contribution in [0.4, 0.5) is 4.39 Å². The van der Waals surface area contributed by atoms with Gasteiger partial charge < -0.3 is 5.73 Å². The number of rotatable bonds is 2. The molecule has 0 aliphatic heterocycles. The Kier molecular flexibility index (Phi) is 3.78. The zero-order chi connectivity index (χ0) is 13.3. The van der Waals surface area contributed by atoms with Gasteiger partial charge in [-0.25, -0.2) is 4.39 Å². The van der Waals surface area contributed by atoms with Gasteiger partial charge in [0.2, 0.25) is 0 Å². The van der Waals surface area contributed by atoms with Crippen molar-refractivity contribution in [1.82, 2.24) is 4.98 Å². The van der Waals surface area contributed by atoms with Gasteiger partial charge in [0.05, 0.1) is 12.2 Å². The normalized spacial score (nSPS) is 12.5. The predicted octanol–water partition coefficient (Wildman–Crippen LogP) is 3.65. The number of halogens is 2. The summed E-state index contributed by atoms with van der Waals surface area (Å²) in [5, 5.41) is 0. The van der Waals surface area contributed by atoms with Crippen molar-refractivity contribution in [3.63, 3.8) is 0 Å². The molecule has 1 aromatic heterocycles. The maximum atomic E-state index is 13.7. The van der Waals surface area contributed by atoms with E-state index in [0.717, 1.165) is 21.2 Å². The average Bonchev–Trinajstić information content (AvgIpc) is 2.35. The van der Waals surface area contributed by atoms with Crippen molar-refractivity contribution in [3.8, 4) is 0 Å². The lowest BCUT2D eigenvalue weighted by Crippen LogP contribution is -2.14. The van der Waals surface area contributed by atoms with E-state index in [1.807, 2.05) is 26.0 Å². The molecule has 0 radical (unpaired) electrons. The summed E-state index contributed by atoms with van der Waals surface area (Å²) in [7, 11) is 0. The lowest BCUT2D eigenvalue weighted by molar-refractivity contribution is 0.593. The van der Waals surface area contributed by atoms with Crippen molar-refractivity contribution < 1.29 is 4.39 Å². The molecule has 4 heteroatoms. The maximum absolute atomic E-state index is 13.7. The Hall–Kier alpha value is -1.26. The second-order valence-corrected chi connectivity index (χ2v) is 5.14. The van der Waals surface area contributed by atoms with Crippen LogP contribution < -0.4 is 5.73 Å². The van der Waals surface area contributed by atoms with Crippen LogP contribution in [0.15, 0.2) is 35.1 Å². The Balaban J connectivity index is 2.47. The molecule has 1 atom stereocenters. The first kappa shape index (κ1) is 13.2. The number of hydrogen-bond acceptors (Lipinski definition) is 2. The Labute approximate surface area is 114 Å². The third kappa shape index (κ3) is 2.44. The van der Waals surface area contributed by atoms with Crippen molar-refractivity contribution in [3.05, 3.63) is 63.1 Å². The Morgan fingerprint density at radius 3 is 2.44 bits per heavy atom. The van der Waals surface area contributed by atoms with E-state index in [1.54, 1.807) is 12.3 Å². The first-order valence-electron chi connectivity index (χ1n) is 5.62. The van der Waals surface area contributed by atoms with Gasteiger partial charge in [0.25, 0.3) is 0 Å². The largest absolute Gasteiger partial charge is 0.320 e. The monoisotopic (exact) mass is 308 g/mol. The SMILES string of the molecule is Cc1cc(C(N)c2ccncc2F)cc(C)c1Br. The van der Waals surface area contributed by atoms with Gasteiger partial charge in [-0.05, 0) is 36.6 Å². The van der Waals surface area contributed by atoms with Crippen molar-refractivity contribution in [2.75, 3.05) is 0 Å². The van der Waals surface area contributed by atoms with Gasteiger partial charge >= 0.3 is 0 Å². The number of aryl methyl sites for hydroxylation is 2. The van der Waals surface area contributed by atoms with Crippen molar-refractivity contribution in [2.24, 2.45) is 5.73 Å². The summed E-state index contributed by atoms with van der Waals surface area (Å²) in [6.07, 6.45) is 2.74. The van der Waals surface area contributed by atoms with E-state index < -0.39 is 6.04 Å². The van der Waals surface area contributed by atoms with Crippen LogP contribution in [0.5, 0.6) is 0 Å². The minimum atomic E-state index is -0.474. The van der Waals surface area contributed by atoms with Gasteiger partial charge in [0.15, 0.2) is 0 Å². The maximum Gasteiger partial charge on any atom is 0.146 e. The predicted molar refractivity (Wildman–Crippen MR) is 73.8 cm³/mol. The van der Waals surface area contributed by atoms with Crippen LogP contribution in [0.1, 0.15) is 28.3 Å². The van der Waals surface area contributed by atoms with Gasteiger partial charge in [-0.15, -0.1) is 0 Å². The molecule has 94 valence electrons. The minimum Gasteiger partial charge on any atom is -0.320 e. The molecular formula is C14H14BrFN2. The highest BCUT2D eigenvalue weighted by atomic mass is 79.9. The molecule has 2 nitrogen and oxygen atoms in total. The Bertz CT molecular complexity index is 561. The van der Waals surface area contributed by atoms with E-state index in [1.165, 1.54) is 6.20 Å². The first-order chi connectivity index (χ1) is 8.50. The number of hydrogen-bond donors (Lipinski definition) is 1. The molecule has 0 bridgehead atoms. The average molecular weight is 309 g/mol. The van der Waals surface area contributed by atoms with E-state index >= 15 is 0 Å². The van der Waals surface area contributed by atoms with Crippen LogP contribution in [0.2, 0.25) is 0 Å². The Morgan fingerprint density at radius 1 is 1.28 bits per heavy atom. The topological polar surface area (TPSA) is 38.9 Å². The zero-order valence-corrected chi connectivity index (χ0v) is 11.8. The third-order valence-electron chi connectivity index (χ3n) is 2.96. The fraction of sp³-hybridized carbons (Fsp3) is 0.214. The van der Waals surface area contributed by atoms with Crippen molar-refractivity contribution >= 4 is 15.9 Å². The number of nitrogens with zero attached hydrogens (tertiary/aromatic N) is 1. The number of benzene rings is 1. The summed E-state index contributed by atoms with van der Waals surface area (Å²) in [5.41, 5.74) is 9.67. The van der Waals surface area contributed by atoms with E-state index in [9.17, 15) is 4.39 Å². The standard InChI is InChI=1S/C14H14BrFN2/c1-8-5-10(6-9(2)13(8)15)14(17)11-3-4-18-7-12(11)16/h3-7,14H,17H2,1-2H3. The van der Waals surface area contributed by atoms with Gasteiger partial charge in [-0.2, -0.15) is 0 Å². The summed E-state index contributed by atoms with van der Waals surface area (Å²) < 4.78 is 14.7. The smallest absolute Gasteiger partial charge is 0.146 e. The summed E-state index contributed by atoms with van der Waals surface area (Å²) in [6, 6.07) is 5.09. The molecule has 0 spiro atoms. The summed E-state index contributed by atoms with van der Waals surface area (Å²) in [6.45, 7) is 3.99. The van der Waals surface area contributed by atoms with E-state index in [0.29, 0.717) is 5.56 Å². The molecule has 1 unspecified atom stereocenters. The van der Waals surface area contributed by atoms with Gasteiger partial charge in [-0.1, -0.05) is 28.1 Å². The molecule has 2 N–H and O–H groups in total. The van der Waals surface area contributed by atoms with E-state index in [-0.39, 0.29) is 5.82 Å². The molecule has 0 saturated heterocycles. The minimum absolute atomic E-state index is 0.372. The second-order valence-electron chi connectivity index (χ2n) is 4.34. The van der Waals surface area contributed by atoms with Crippen LogP contribution in [-0.4, -0.2) is 4.98 Å². The Morgan fingerprint density at radius 2 is 1.89 bits per heavy atom. The molecule has 2 rings (SSSR count). The summed E-state index contributed by atoms with van der Waals surface area (Å²) in [4.78, 5) is 3.73. The van der Waals surface area contributed by atoms with Gasteiger partial charge in [-0.3, -0.25) is 4.98 Å². The van der Waals surface area contributed by atoms with E-state index in [2.05, 4.69) is 20.9 Å².